The summed E-state index contributed by atoms with van der Waals surface area (Å²) in [7, 11) is 0. The van der Waals surface area contributed by atoms with Gasteiger partial charge < -0.3 is 10.2 Å². The van der Waals surface area contributed by atoms with Crippen molar-refractivity contribution in [3.05, 3.63) is 40.7 Å². The lowest BCUT2D eigenvalue weighted by Crippen LogP contribution is -2.42. The van der Waals surface area contributed by atoms with E-state index >= 15 is 0 Å². The van der Waals surface area contributed by atoms with Crippen molar-refractivity contribution in [1.29, 1.82) is 0 Å². The Morgan fingerprint density at radius 3 is 2.69 bits per heavy atom. The van der Waals surface area contributed by atoms with Crippen LogP contribution in [0.4, 0.5) is 13.2 Å². The monoisotopic (exact) mass is 366 g/mol. The van der Waals surface area contributed by atoms with Crippen molar-refractivity contribution in [2.45, 2.75) is 51.1 Å². The summed E-state index contributed by atoms with van der Waals surface area (Å²) in [5, 5.41) is 19.3. The second kappa shape index (κ2) is 5.51. The van der Waals surface area contributed by atoms with E-state index in [4.69, 9.17) is 0 Å². The van der Waals surface area contributed by atoms with Gasteiger partial charge in [-0.3, -0.25) is 4.79 Å². The van der Waals surface area contributed by atoms with Gasteiger partial charge in [0, 0.05) is 11.0 Å². The van der Waals surface area contributed by atoms with Gasteiger partial charge in [0.15, 0.2) is 5.78 Å². The number of benzene rings is 1. The Kier molecular flexibility index (Phi) is 3.69. The molecule has 0 saturated heterocycles. The highest BCUT2D eigenvalue weighted by Gasteiger charge is 2.58. The van der Waals surface area contributed by atoms with Crippen LogP contribution in [0, 0.1) is 17.3 Å². The molecular formula is C20H21F3O3. The smallest absolute Gasteiger partial charge is 0.449 e. The van der Waals surface area contributed by atoms with Crippen LogP contribution in [0.5, 0.6) is 5.75 Å². The summed E-state index contributed by atoms with van der Waals surface area (Å²) in [6.45, 7) is 1.76. The van der Waals surface area contributed by atoms with Gasteiger partial charge in [0.1, 0.15) is 5.75 Å². The minimum absolute atomic E-state index is 0.00470. The van der Waals surface area contributed by atoms with E-state index in [-0.39, 0.29) is 29.9 Å². The number of phenolic OH excluding ortho intramolecular Hbond substituents is 1. The molecule has 3 nitrogen and oxygen atoms in total. The third kappa shape index (κ3) is 2.37. The number of phenols is 1. The number of carbonyl (C=O) groups excluding carboxylic acids is 1. The van der Waals surface area contributed by atoms with Crippen LogP contribution in [0.3, 0.4) is 0 Å². The maximum atomic E-state index is 13.0. The standard InChI is InChI=1S/C20H21F3O3/c1-19-7-6-13-12-5-3-11(24)8-10(12)2-4-14(13)16(19)9-15(17(19)25)18(26)20(21,22)23/h3,5,8,13-14,16,24,26H,2,4,6-7,9H2,1H3/b18-15-/t13?,14?,16?,19-/m0/s1. The first-order valence-electron chi connectivity index (χ1n) is 8.99. The molecule has 0 radical (unpaired) electrons. The minimum atomic E-state index is -4.88. The Morgan fingerprint density at radius 2 is 2.00 bits per heavy atom. The first kappa shape index (κ1) is 17.4. The Bertz CT molecular complexity index is 811. The number of aliphatic hydroxyl groups is 1. The fourth-order valence-electron chi connectivity index (χ4n) is 5.58. The summed E-state index contributed by atoms with van der Waals surface area (Å²) >= 11 is 0. The van der Waals surface area contributed by atoms with Crippen LogP contribution >= 0.6 is 0 Å². The Hall–Kier alpha value is -1.98. The minimum Gasteiger partial charge on any atom is -0.508 e. The Balaban J connectivity index is 1.73. The zero-order chi connectivity index (χ0) is 18.9. The molecule has 1 aromatic carbocycles. The van der Waals surface area contributed by atoms with Crippen LogP contribution in [0.2, 0.25) is 0 Å². The van der Waals surface area contributed by atoms with Crippen molar-refractivity contribution < 1.29 is 28.2 Å². The summed E-state index contributed by atoms with van der Waals surface area (Å²) in [5.41, 5.74) is 0.964. The average Bonchev–Trinajstić information content (AvgIpc) is 2.84. The molecule has 0 aromatic heterocycles. The van der Waals surface area contributed by atoms with Gasteiger partial charge in [-0.25, -0.2) is 0 Å². The molecule has 3 aliphatic rings. The lowest BCUT2D eigenvalue weighted by molar-refractivity contribution is -0.131. The Labute approximate surface area is 149 Å². The SMILES string of the molecule is C[C@]12CCC3c4ccc(O)cc4CCC3C1C/C(=C(/O)C(F)(F)F)C2=O. The van der Waals surface area contributed by atoms with Crippen LogP contribution in [0.25, 0.3) is 0 Å². The predicted molar refractivity (Wildman–Crippen MR) is 88.8 cm³/mol. The van der Waals surface area contributed by atoms with Crippen LogP contribution < -0.4 is 0 Å². The molecule has 2 saturated carbocycles. The number of halogens is 3. The molecule has 2 fully saturated rings. The van der Waals surface area contributed by atoms with Crippen molar-refractivity contribution >= 4 is 5.78 Å². The molecule has 4 rings (SSSR count). The van der Waals surface area contributed by atoms with Crippen molar-refractivity contribution in [2.24, 2.45) is 17.3 Å². The van der Waals surface area contributed by atoms with Crippen LogP contribution in [-0.4, -0.2) is 22.2 Å². The highest BCUT2D eigenvalue weighted by Crippen LogP contribution is 2.61. The van der Waals surface area contributed by atoms with E-state index in [0.717, 1.165) is 30.4 Å². The number of alkyl halides is 3. The molecule has 140 valence electrons. The molecule has 1 aromatic rings. The third-order valence-electron chi connectivity index (χ3n) is 6.87. The normalized spacial score (nSPS) is 35.5. The third-order valence-corrected chi connectivity index (χ3v) is 6.87. The number of rotatable bonds is 0. The summed E-state index contributed by atoms with van der Waals surface area (Å²) in [4.78, 5) is 12.8. The molecule has 0 heterocycles. The topological polar surface area (TPSA) is 57.5 Å². The molecule has 0 amide bonds. The summed E-state index contributed by atoms with van der Waals surface area (Å²) in [6.07, 6.45) is -2.10. The highest BCUT2D eigenvalue weighted by molar-refractivity contribution is 6.03. The molecule has 3 aliphatic carbocycles. The molecule has 26 heavy (non-hydrogen) atoms. The number of hydrogen-bond donors (Lipinski definition) is 2. The van der Waals surface area contributed by atoms with E-state index < -0.39 is 28.7 Å². The van der Waals surface area contributed by atoms with Gasteiger partial charge in [-0.15, -0.1) is 0 Å². The second-order valence-electron chi connectivity index (χ2n) is 8.11. The molecule has 4 atom stereocenters. The van der Waals surface area contributed by atoms with Crippen molar-refractivity contribution in [1.82, 2.24) is 0 Å². The van der Waals surface area contributed by atoms with Gasteiger partial charge in [0.2, 0.25) is 5.76 Å². The van der Waals surface area contributed by atoms with Gasteiger partial charge in [-0.1, -0.05) is 13.0 Å². The molecule has 0 aliphatic heterocycles. The number of fused-ring (bicyclic) bond motifs is 5. The first-order valence-corrected chi connectivity index (χ1v) is 8.99. The second-order valence-corrected chi connectivity index (χ2v) is 8.11. The average molecular weight is 366 g/mol. The highest BCUT2D eigenvalue weighted by atomic mass is 19.4. The molecular weight excluding hydrogens is 345 g/mol. The number of Topliss-reactive ketones (excluding diaryl/α,β-unsaturated/α-hetero) is 1. The maximum absolute atomic E-state index is 13.0. The molecule has 6 heteroatoms. The zero-order valence-corrected chi connectivity index (χ0v) is 14.4. The fourth-order valence-corrected chi connectivity index (χ4v) is 5.58. The van der Waals surface area contributed by atoms with E-state index in [9.17, 15) is 28.2 Å². The number of aromatic hydroxyl groups is 1. The van der Waals surface area contributed by atoms with Crippen LogP contribution in [0.15, 0.2) is 29.5 Å². The lowest BCUT2D eigenvalue weighted by atomic mass is 9.55. The van der Waals surface area contributed by atoms with Gasteiger partial charge >= 0.3 is 6.18 Å². The zero-order valence-electron chi connectivity index (χ0n) is 14.4. The molecule has 0 spiro atoms. The number of aryl methyl sites for hydroxylation is 1. The number of aliphatic hydroxyl groups excluding tert-OH is 1. The quantitative estimate of drug-likeness (QED) is 0.512. The van der Waals surface area contributed by atoms with Gasteiger partial charge in [-0.2, -0.15) is 13.2 Å². The molecule has 2 N–H and O–H groups in total. The maximum Gasteiger partial charge on any atom is 0.449 e. The Morgan fingerprint density at radius 1 is 1.27 bits per heavy atom. The molecule has 0 bridgehead atoms. The number of ketones is 1. The van der Waals surface area contributed by atoms with Crippen molar-refractivity contribution in [2.75, 3.05) is 0 Å². The summed E-state index contributed by atoms with van der Waals surface area (Å²) < 4.78 is 38.9. The largest absolute Gasteiger partial charge is 0.508 e. The van der Waals surface area contributed by atoms with E-state index in [1.165, 1.54) is 0 Å². The van der Waals surface area contributed by atoms with Crippen molar-refractivity contribution in [3.63, 3.8) is 0 Å². The molecule has 3 unspecified atom stereocenters. The van der Waals surface area contributed by atoms with Crippen LogP contribution in [-0.2, 0) is 11.2 Å². The van der Waals surface area contributed by atoms with Crippen LogP contribution in [0.1, 0.15) is 49.7 Å². The van der Waals surface area contributed by atoms with E-state index in [1.54, 1.807) is 19.1 Å². The first-order chi connectivity index (χ1) is 12.1. The summed E-state index contributed by atoms with van der Waals surface area (Å²) in [6, 6.07) is 5.32. The van der Waals surface area contributed by atoms with Gasteiger partial charge in [0.05, 0.1) is 0 Å². The summed E-state index contributed by atoms with van der Waals surface area (Å²) in [5.74, 6) is -1.90. The van der Waals surface area contributed by atoms with Gasteiger partial charge in [0.25, 0.3) is 0 Å². The van der Waals surface area contributed by atoms with Crippen molar-refractivity contribution in [3.8, 4) is 5.75 Å². The number of hydrogen-bond acceptors (Lipinski definition) is 3. The van der Waals surface area contributed by atoms with E-state index in [2.05, 4.69) is 0 Å². The van der Waals surface area contributed by atoms with E-state index in [1.807, 2.05) is 6.07 Å². The lowest BCUT2D eigenvalue weighted by Gasteiger charge is -2.48. The number of allylic oxidation sites excluding steroid dienone is 2. The number of carbonyl (C=O) groups is 1. The fraction of sp³-hybridized carbons (Fsp3) is 0.550. The van der Waals surface area contributed by atoms with E-state index in [0.29, 0.717) is 6.42 Å². The predicted octanol–water partition coefficient (Wildman–Crippen LogP) is 4.80. The van der Waals surface area contributed by atoms with Gasteiger partial charge in [-0.05, 0) is 73.1 Å².